The number of anilines is 1. The number of rotatable bonds is 3. The molecule has 1 aliphatic heterocycles. The Morgan fingerprint density at radius 2 is 2.00 bits per heavy atom. The van der Waals surface area contributed by atoms with E-state index >= 15 is 0 Å². The summed E-state index contributed by atoms with van der Waals surface area (Å²) in [6.45, 7) is 3.86. The Labute approximate surface area is 164 Å². The summed E-state index contributed by atoms with van der Waals surface area (Å²) in [7, 11) is 0. The molecule has 2 fully saturated rings. The first kappa shape index (κ1) is 17.6. The second kappa shape index (κ2) is 6.87. The summed E-state index contributed by atoms with van der Waals surface area (Å²) in [5.74, 6) is 1.86. The monoisotopic (exact) mass is 378 g/mol. The van der Waals surface area contributed by atoms with Crippen LogP contribution in [-0.2, 0) is 6.61 Å². The van der Waals surface area contributed by atoms with Gasteiger partial charge >= 0.3 is 0 Å². The molecule has 6 heteroatoms. The van der Waals surface area contributed by atoms with Crippen molar-refractivity contribution in [1.29, 1.82) is 0 Å². The summed E-state index contributed by atoms with van der Waals surface area (Å²) in [6.07, 6.45) is 6.91. The van der Waals surface area contributed by atoms with E-state index in [-0.39, 0.29) is 18.8 Å². The van der Waals surface area contributed by atoms with Crippen molar-refractivity contribution >= 4 is 16.7 Å². The number of aliphatic hydroxyl groups excluding tert-OH is 2. The lowest BCUT2D eigenvalue weighted by Crippen LogP contribution is -2.35. The highest BCUT2D eigenvalue weighted by molar-refractivity contribution is 5.84. The Bertz CT molecular complexity index is 988. The van der Waals surface area contributed by atoms with Crippen molar-refractivity contribution < 1.29 is 10.2 Å². The summed E-state index contributed by atoms with van der Waals surface area (Å²) in [4.78, 5) is 11.4. The van der Waals surface area contributed by atoms with Crippen LogP contribution in [0.5, 0.6) is 0 Å². The van der Waals surface area contributed by atoms with Crippen LogP contribution in [0.2, 0.25) is 0 Å². The molecule has 0 bridgehead atoms. The second-order valence-corrected chi connectivity index (χ2v) is 8.32. The molecule has 5 rings (SSSR count). The molecular weight excluding hydrogens is 352 g/mol. The Morgan fingerprint density at radius 1 is 1.18 bits per heavy atom. The van der Waals surface area contributed by atoms with E-state index < -0.39 is 0 Å². The molecule has 2 aliphatic rings. The Morgan fingerprint density at radius 3 is 2.75 bits per heavy atom. The zero-order chi connectivity index (χ0) is 19.3. The minimum atomic E-state index is -0.348. The van der Waals surface area contributed by atoms with Gasteiger partial charge in [0.1, 0.15) is 5.82 Å². The number of pyridine rings is 1. The number of aliphatic hydroxyl groups is 2. The standard InChI is InChI=1S/C22H26N4O2/c1-14-3-2-4-15-7-18(12-27)22(24-21(14)15)26-10-16-8-19(25-6-5-23-13-25)20(28)9-17(16)11-26/h2-7,13,16-17,19-20,27-28H,8-12H2,1H3/t16-,17+,19-,20-/m1/s1. The van der Waals surface area contributed by atoms with E-state index in [0.717, 1.165) is 53.8 Å². The molecule has 146 valence electrons. The number of aromatic nitrogens is 3. The maximum absolute atomic E-state index is 10.7. The maximum Gasteiger partial charge on any atom is 0.134 e. The van der Waals surface area contributed by atoms with Crippen LogP contribution in [-0.4, -0.2) is 43.9 Å². The first-order valence-electron chi connectivity index (χ1n) is 10.0. The Hall–Kier alpha value is -2.44. The molecule has 1 aliphatic carbocycles. The number of hydrogen-bond donors (Lipinski definition) is 2. The quantitative estimate of drug-likeness (QED) is 0.733. The number of para-hydroxylation sites is 1. The van der Waals surface area contributed by atoms with Crippen molar-refractivity contribution in [3.8, 4) is 0 Å². The van der Waals surface area contributed by atoms with Crippen LogP contribution < -0.4 is 4.90 Å². The molecule has 28 heavy (non-hydrogen) atoms. The molecule has 0 spiro atoms. The predicted octanol–water partition coefficient (Wildman–Crippen LogP) is 2.68. The maximum atomic E-state index is 10.7. The third kappa shape index (κ3) is 2.88. The van der Waals surface area contributed by atoms with E-state index in [9.17, 15) is 10.2 Å². The predicted molar refractivity (Wildman–Crippen MR) is 108 cm³/mol. The fraction of sp³-hybridized carbons (Fsp3) is 0.455. The molecule has 0 radical (unpaired) electrons. The van der Waals surface area contributed by atoms with Gasteiger partial charge in [-0.2, -0.15) is 0 Å². The number of aryl methyl sites for hydroxylation is 1. The van der Waals surface area contributed by atoms with Crippen LogP contribution in [0.15, 0.2) is 43.0 Å². The number of benzene rings is 1. The summed E-state index contributed by atoms with van der Waals surface area (Å²) in [5.41, 5.74) is 3.03. The smallest absolute Gasteiger partial charge is 0.134 e. The normalized spacial score (nSPS) is 27.3. The van der Waals surface area contributed by atoms with Crippen LogP contribution in [0.25, 0.3) is 10.9 Å². The van der Waals surface area contributed by atoms with E-state index in [0.29, 0.717) is 11.8 Å². The molecule has 1 aromatic carbocycles. The molecule has 0 amide bonds. The van der Waals surface area contributed by atoms with Gasteiger partial charge in [0.2, 0.25) is 0 Å². The van der Waals surface area contributed by atoms with E-state index in [2.05, 4.69) is 28.9 Å². The molecule has 2 aromatic heterocycles. The van der Waals surface area contributed by atoms with E-state index in [1.807, 2.05) is 22.9 Å². The van der Waals surface area contributed by atoms with Gasteiger partial charge < -0.3 is 19.7 Å². The second-order valence-electron chi connectivity index (χ2n) is 8.32. The minimum absolute atomic E-state index is 0.0155. The molecule has 3 heterocycles. The van der Waals surface area contributed by atoms with Gasteiger partial charge in [-0.25, -0.2) is 9.97 Å². The fourth-order valence-corrected chi connectivity index (χ4v) is 5.14. The van der Waals surface area contributed by atoms with Crippen LogP contribution in [0.4, 0.5) is 5.82 Å². The summed E-state index contributed by atoms with van der Waals surface area (Å²) in [6, 6.07) is 8.31. The lowest BCUT2D eigenvalue weighted by Gasteiger charge is -2.35. The van der Waals surface area contributed by atoms with Gasteiger partial charge in [0.05, 0.1) is 30.6 Å². The minimum Gasteiger partial charge on any atom is -0.392 e. The molecular formula is C22H26N4O2. The first-order chi connectivity index (χ1) is 13.6. The van der Waals surface area contributed by atoms with Gasteiger partial charge in [-0.15, -0.1) is 0 Å². The average molecular weight is 378 g/mol. The van der Waals surface area contributed by atoms with E-state index in [1.54, 1.807) is 12.5 Å². The van der Waals surface area contributed by atoms with Crippen molar-refractivity contribution in [3.63, 3.8) is 0 Å². The SMILES string of the molecule is Cc1cccc2cc(CO)c(N3C[C@H]4C[C@@H](n5ccnc5)[C@H](O)C[C@H]4C3)nc12. The molecule has 6 nitrogen and oxygen atoms in total. The lowest BCUT2D eigenvalue weighted by atomic mass is 9.77. The highest BCUT2D eigenvalue weighted by Crippen LogP contribution is 2.43. The van der Waals surface area contributed by atoms with Crippen LogP contribution in [0, 0.1) is 18.8 Å². The first-order valence-corrected chi connectivity index (χ1v) is 10.0. The highest BCUT2D eigenvalue weighted by atomic mass is 16.3. The lowest BCUT2D eigenvalue weighted by molar-refractivity contribution is 0.0358. The van der Waals surface area contributed by atoms with E-state index in [4.69, 9.17) is 4.98 Å². The summed E-state index contributed by atoms with van der Waals surface area (Å²) >= 11 is 0. The topological polar surface area (TPSA) is 74.4 Å². The third-order valence-electron chi connectivity index (χ3n) is 6.59. The van der Waals surface area contributed by atoms with E-state index in [1.165, 1.54) is 0 Å². The number of fused-ring (bicyclic) bond motifs is 2. The zero-order valence-corrected chi connectivity index (χ0v) is 16.1. The van der Waals surface area contributed by atoms with Gasteiger partial charge in [0.15, 0.2) is 0 Å². The van der Waals surface area contributed by atoms with Crippen LogP contribution in [0.1, 0.15) is 30.0 Å². The average Bonchev–Trinajstić information content (AvgIpc) is 3.36. The number of hydrogen-bond acceptors (Lipinski definition) is 5. The molecule has 1 saturated heterocycles. The van der Waals surface area contributed by atoms with Gasteiger partial charge in [-0.1, -0.05) is 18.2 Å². The summed E-state index contributed by atoms with van der Waals surface area (Å²) < 4.78 is 2.04. The number of imidazole rings is 1. The number of nitrogens with zero attached hydrogens (tertiary/aromatic N) is 4. The molecule has 4 atom stereocenters. The highest BCUT2D eigenvalue weighted by Gasteiger charge is 2.43. The molecule has 1 saturated carbocycles. The third-order valence-corrected chi connectivity index (χ3v) is 6.59. The summed E-state index contributed by atoms with van der Waals surface area (Å²) in [5, 5.41) is 21.7. The van der Waals surface area contributed by atoms with Crippen molar-refractivity contribution in [2.75, 3.05) is 18.0 Å². The van der Waals surface area contributed by atoms with Gasteiger partial charge in [-0.05, 0) is 43.2 Å². The van der Waals surface area contributed by atoms with Crippen molar-refractivity contribution in [2.45, 2.75) is 38.5 Å². The Balaban J connectivity index is 1.45. The largest absolute Gasteiger partial charge is 0.392 e. The fourth-order valence-electron chi connectivity index (χ4n) is 5.14. The molecule has 3 aromatic rings. The van der Waals surface area contributed by atoms with Crippen molar-refractivity contribution in [1.82, 2.24) is 14.5 Å². The Kier molecular flexibility index (Phi) is 4.33. The molecule has 2 N–H and O–H groups in total. The van der Waals surface area contributed by atoms with Crippen LogP contribution >= 0.6 is 0 Å². The zero-order valence-electron chi connectivity index (χ0n) is 16.1. The molecule has 0 unspecified atom stereocenters. The van der Waals surface area contributed by atoms with Gasteiger partial charge in [0.25, 0.3) is 0 Å². The van der Waals surface area contributed by atoms with Crippen molar-refractivity contribution in [2.24, 2.45) is 11.8 Å². The van der Waals surface area contributed by atoms with Gasteiger partial charge in [-0.3, -0.25) is 0 Å². The van der Waals surface area contributed by atoms with Crippen LogP contribution in [0.3, 0.4) is 0 Å². The van der Waals surface area contributed by atoms with Crippen molar-refractivity contribution in [3.05, 3.63) is 54.1 Å². The van der Waals surface area contributed by atoms with Gasteiger partial charge in [0, 0.05) is 36.4 Å².